The van der Waals surface area contributed by atoms with E-state index in [-0.39, 0.29) is 16.8 Å². The van der Waals surface area contributed by atoms with Crippen molar-refractivity contribution in [3.63, 3.8) is 0 Å². The Labute approximate surface area is 136 Å². The molecule has 0 unspecified atom stereocenters. The van der Waals surface area contributed by atoms with Gasteiger partial charge in [-0.25, -0.2) is 0 Å². The number of rotatable bonds is 3. The van der Waals surface area contributed by atoms with E-state index in [1.54, 1.807) is 18.2 Å². The van der Waals surface area contributed by atoms with Crippen LogP contribution in [0.3, 0.4) is 0 Å². The summed E-state index contributed by atoms with van der Waals surface area (Å²) < 4.78 is 0. The van der Waals surface area contributed by atoms with Crippen LogP contribution in [0.4, 0.5) is 11.4 Å². The SMILES string of the molecule is N#Cc1cc2c([nH]c1=O)CCC/C2=N\Nc1ccc([N+](=O)[O-])cc1. The van der Waals surface area contributed by atoms with Gasteiger partial charge in [-0.15, -0.1) is 0 Å². The number of benzene rings is 1. The lowest BCUT2D eigenvalue weighted by atomic mass is 9.93. The highest BCUT2D eigenvalue weighted by atomic mass is 16.6. The zero-order valence-electron chi connectivity index (χ0n) is 12.6. The van der Waals surface area contributed by atoms with Crippen molar-refractivity contribution in [1.82, 2.24) is 4.98 Å². The molecule has 1 aliphatic carbocycles. The van der Waals surface area contributed by atoms with Crippen molar-refractivity contribution in [2.45, 2.75) is 19.3 Å². The Kier molecular flexibility index (Phi) is 4.07. The summed E-state index contributed by atoms with van der Waals surface area (Å²) in [6.45, 7) is 0. The van der Waals surface area contributed by atoms with Gasteiger partial charge in [0.15, 0.2) is 0 Å². The van der Waals surface area contributed by atoms with Gasteiger partial charge in [-0.05, 0) is 37.5 Å². The molecule has 0 spiro atoms. The minimum atomic E-state index is -0.465. The van der Waals surface area contributed by atoms with Gasteiger partial charge in [-0.1, -0.05) is 0 Å². The van der Waals surface area contributed by atoms with E-state index >= 15 is 0 Å². The summed E-state index contributed by atoms with van der Waals surface area (Å²) in [4.78, 5) is 24.6. The van der Waals surface area contributed by atoms with Crippen molar-refractivity contribution in [2.24, 2.45) is 5.10 Å². The number of fused-ring (bicyclic) bond motifs is 1. The Balaban J connectivity index is 1.88. The molecule has 0 fully saturated rings. The highest BCUT2D eigenvalue weighted by Gasteiger charge is 2.18. The molecule has 1 heterocycles. The number of nitrogens with one attached hydrogen (secondary N) is 2. The van der Waals surface area contributed by atoms with E-state index in [0.717, 1.165) is 29.8 Å². The average Bonchev–Trinajstić information content (AvgIpc) is 2.59. The fourth-order valence-corrected chi connectivity index (χ4v) is 2.58. The number of pyridine rings is 1. The van der Waals surface area contributed by atoms with Gasteiger partial charge in [0.25, 0.3) is 11.2 Å². The number of hydrazone groups is 1. The molecule has 2 N–H and O–H groups in total. The van der Waals surface area contributed by atoms with Crippen LogP contribution in [-0.4, -0.2) is 15.6 Å². The molecular formula is C16H13N5O3. The Morgan fingerprint density at radius 2 is 2.04 bits per heavy atom. The molecule has 0 saturated heterocycles. The van der Waals surface area contributed by atoms with Crippen LogP contribution in [0.2, 0.25) is 0 Å². The zero-order valence-corrected chi connectivity index (χ0v) is 12.6. The first-order chi connectivity index (χ1) is 11.6. The lowest BCUT2D eigenvalue weighted by Crippen LogP contribution is -2.22. The van der Waals surface area contributed by atoms with Gasteiger partial charge in [0.05, 0.1) is 16.3 Å². The van der Waals surface area contributed by atoms with Crippen LogP contribution in [0.15, 0.2) is 40.2 Å². The second kappa shape index (κ2) is 6.34. The maximum Gasteiger partial charge on any atom is 0.269 e. The summed E-state index contributed by atoms with van der Waals surface area (Å²) in [6, 6.07) is 9.35. The summed E-state index contributed by atoms with van der Waals surface area (Å²) in [5, 5.41) is 24.0. The van der Waals surface area contributed by atoms with Crippen molar-refractivity contribution in [3.05, 3.63) is 67.6 Å². The molecule has 120 valence electrons. The summed E-state index contributed by atoms with van der Waals surface area (Å²) in [6.07, 6.45) is 2.28. The Morgan fingerprint density at radius 3 is 2.71 bits per heavy atom. The number of hydrogen-bond acceptors (Lipinski definition) is 6. The first kappa shape index (κ1) is 15.4. The molecule has 8 nitrogen and oxygen atoms in total. The topological polar surface area (TPSA) is 124 Å². The fraction of sp³-hybridized carbons (Fsp3) is 0.188. The largest absolute Gasteiger partial charge is 0.324 e. The first-order valence-electron chi connectivity index (χ1n) is 7.32. The predicted octanol–water partition coefficient (Wildman–Crippen LogP) is 2.31. The maximum atomic E-state index is 11.7. The molecule has 1 aliphatic rings. The van der Waals surface area contributed by atoms with Crippen LogP contribution in [0, 0.1) is 21.4 Å². The molecule has 0 bridgehead atoms. The number of anilines is 1. The third kappa shape index (κ3) is 3.01. The molecule has 0 aliphatic heterocycles. The third-order valence-corrected chi connectivity index (χ3v) is 3.79. The fourth-order valence-electron chi connectivity index (χ4n) is 2.58. The number of nitriles is 1. The van der Waals surface area contributed by atoms with E-state index in [1.165, 1.54) is 12.1 Å². The molecule has 0 atom stereocenters. The van der Waals surface area contributed by atoms with Crippen molar-refractivity contribution < 1.29 is 4.92 Å². The Hall–Kier alpha value is -3.47. The molecular weight excluding hydrogens is 310 g/mol. The second-order valence-corrected chi connectivity index (χ2v) is 5.34. The van der Waals surface area contributed by atoms with Crippen LogP contribution in [0.25, 0.3) is 0 Å². The monoisotopic (exact) mass is 323 g/mol. The smallest absolute Gasteiger partial charge is 0.269 e. The molecule has 8 heteroatoms. The zero-order chi connectivity index (χ0) is 17.1. The van der Waals surface area contributed by atoms with Crippen LogP contribution < -0.4 is 11.0 Å². The van der Waals surface area contributed by atoms with Crippen molar-refractivity contribution in [3.8, 4) is 6.07 Å². The number of aryl methyl sites for hydroxylation is 1. The Morgan fingerprint density at radius 1 is 1.29 bits per heavy atom. The molecule has 0 radical (unpaired) electrons. The lowest BCUT2D eigenvalue weighted by Gasteiger charge is -2.17. The second-order valence-electron chi connectivity index (χ2n) is 5.34. The summed E-state index contributed by atoms with van der Waals surface area (Å²) in [5.41, 5.74) is 5.42. The Bertz CT molecular complexity index is 922. The van der Waals surface area contributed by atoms with E-state index in [1.807, 2.05) is 6.07 Å². The molecule has 1 aromatic heterocycles. The van der Waals surface area contributed by atoms with Crippen LogP contribution in [0.1, 0.15) is 29.7 Å². The van der Waals surface area contributed by atoms with Gasteiger partial charge < -0.3 is 4.98 Å². The maximum absolute atomic E-state index is 11.7. The molecule has 0 saturated carbocycles. The number of nitro groups is 1. The van der Waals surface area contributed by atoms with Gasteiger partial charge >= 0.3 is 0 Å². The van der Waals surface area contributed by atoms with Crippen molar-refractivity contribution in [2.75, 3.05) is 5.43 Å². The minimum absolute atomic E-state index is 0.00690. The van der Waals surface area contributed by atoms with Gasteiger partial charge in [-0.2, -0.15) is 10.4 Å². The quantitative estimate of drug-likeness (QED) is 0.662. The summed E-state index contributed by atoms with van der Waals surface area (Å²) in [5.74, 6) is 0. The minimum Gasteiger partial charge on any atom is -0.324 e. The number of H-pyrrole nitrogens is 1. The summed E-state index contributed by atoms with van der Waals surface area (Å²) >= 11 is 0. The van der Waals surface area contributed by atoms with Gasteiger partial charge in [0, 0.05) is 23.4 Å². The predicted molar refractivity (Wildman–Crippen MR) is 88.0 cm³/mol. The normalized spacial score (nSPS) is 14.7. The van der Waals surface area contributed by atoms with Crippen LogP contribution >= 0.6 is 0 Å². The van der Waals surface area contributed by atoms with E-state index in [9.17, 15) is 14.9 Å². The molecule has 0 amide bonds. The molecule has 2 aromatic rings. The van der Waals surface area contributed by atoms with Crippen LogP contribution in [-0.2, 0) is 6.42 Å². The van der Waals surface area contributed by atoms with Gasteiger partial charge in [-0.3, -0.25) is 20.3 Å². The molecule has 3 rings (SSSR count). The van der Waals surface area contributed by atoms with E-state index in [0.29, 0.717) is 12.1 Å². The average molecular weight is 323 g/mol. The van der Waals surface area contributed by atoms with Crippen molar-refractivity contribution >= 4 is 17.1 Å². The number of nitrogens with zero attached hydrogens (tertiary/aromatic N) is 3. The third-order valence-electron chi connectivity index (χ3n) is 3.79. The number of aromatic nitrogens is 1. The number of aromatic amines is 1. The van der Waals surface area contributed by atoms with Gasteiger partial charge in [0.2, 0.25) is 0 Å². The van der Waals surface area contributed by atoms with E-state index in [4.69, 9.17) is 5.26 Å². The van der Waals surface area contributed by atoms with E-state index < -0.39 is 4.92 Å². The first-order valence-corrected chi connectivity index (χ1v) is 7.32. The van der Waals surface area contributed by atoms with Crippen LogP contribution in [0.5, 0.6) is 0 Å². The highest BCUT2D eigenvalue weighted by molar-refractivity contribution is 6.02. The molecule has 24 heavy (non-hydrogen) atoms. The molecule has 1 aromatic carbocycles. The number of non-ortho nitro benzene ring substituents is 1. The van der Waals surface area contributed by atoms with Crippen molar-refractivity contribution in [1.29, 1.82) is 5.26 Å². The number of nitro benzene ring substituents is 1. The van der Waals surface area contributed by atoms with Gasteiger partial charge in [0.1, 0.15) is 11.6 Å². The highest BCUT2D eigenvalue weighted by Crippen LogP contribution is 2.21. The number of hydrogen-bond donors (Lipinski definition) is 2. The standard InChI is InChI=1S/C16H13N5O3/c17-9-10-8-13-14(18-16(10)22)2-1-3-15(13)20-19-11-4-6-12(7-5-11)21(23)24/h4-8,19H,1-3H2,(H,18,22)/b20-15+. The summed E-state index contributed by atoms with van der Waals surface area (Å²) in [7, 11) is 0. The lowest BCUT2D eigenvalue weighted by molar-refractivity contribution is -0.384. The van der Waals surface area contributed by atoms with E-state index in [2.05, 4.69) is 15.5 Å².